The van der Waals surface area contributed by atoms with Crippen LogP contribution < -0.4 is 10.6 Å². The van der Waals surface area contributed by atoms with E-state index in [1.54, 1.807) is 12.1 Å². The average Bonchev–Trinajstić information content (AvgIpc) is 3.40. The SMILES string of the molecule is CCNC(=NCCCOC1CCOC1)NCCc1nc(-c2ccc(Cl)cc2)no1. The summed E-state index contributed by atoms with van der Waals surface area (Å²) in [5.41, 5.74) is 0.874. The summed E-state index contributed by atoms with van der Waals surface area (Å²) in [6, 6.07) is 7.35. The third-order valence-electron chi connectivity index (χ3n) is 4.36. The van der Waals surface area contributed by atoms with Crippen LogP contribution in [0.25, 0.3) is 11.4 Å². The van der Waals surface area contributed by atoms with Gasteiger partial charge in [-0.05, 0) is 44.0 Å². The Labute approximate surface area is 176 Å². The monoisotopic (exact) mass is 421 g/mol. The Hall–Kier alpha value is -2.16. The number of hydrogen-bond acceptors (Lipinski definition) is 6. The van der Waals surface area contributed by atoms with Gasteiger partial charge in [-0.1, -0.05) is 16.8 Å². The van der Waals surface area contributed by atoms with Crippen LogP contribution in [0.4, 0.5) is 0 Å². The van der Waals surface area contributed by atoms with Gasteiger partial charge in [-0.3, -0.25) is 4.99 Å². The van der Waals surface area contributed by atoms with Gasteiger partial charge in [0.25, 0.3) is 0 Å². The van der Waals surface area contributed by atoms with Gasteiger partial charge < -0.3 is 24.6 Å². The molecule has 0 spiro atoms. The number of benzene rings is 1. The van der Waals surface area contributed by atoms with Crippen LogP contribution >= 0.6 is 11.6 Å². The maximum Gasteiger partial charge on any atom is 0.228 e. The molecule has 1 aromatic carbocycles. The average molecular weight is 422 g/mol. The molecule has 0 saturated carbocycles. The number of hydrogen-bond donors (Lipinski definition) is 2. The summed E-state index contributed by atoms with van der Waals surface area (Å²) in [6.45, 7) is 6.39. The van der Waals surface area contributed by atoms with Gasteiger partial charge in [-0.15, -0.1) is 0 Å². The highest BCUT2D eigenvalue weighted by molar-refractivity contribution is 6.30. The van der Waals surface area contributed by atoms with Crippen molar-refractivity contribution in [2.45, 2.75) is 32.3 Å². The van der Waals surface area contributed by atoms with E-state index in [-0.39, 0.29) is 6.10 Å². The van der Waals surface area contributed by atoms with Crippen LogP contribution in [0.2, 0.25) is 5.02 Å². The fourth-order valence-electron chi connectivity index (χ4n) is 2.85. The summed E-state index contributed by atoms with van der Waals surface area (Å²) < 4.78 is 16.4. The molecule has 0 radical (unpaired) electrons. The Morgan fingerprint density at radius 1 is 1.31 bits per heavy atom. The zero-order valence-corrected chi connectivity index (χ0v) is 17.5. The second-order valence-corrected chi connectivity index (χ2v) is 7.10. The molecule has 8 nitrogen and oxygen atoms in total. The number of aromatic nitrogens is 2. The van der Waals surface area contributed by atoms with Crippen molar-refractivity contribution in [2.24, 2.45) is 4.99 Å². The van der Waals surface area contributed by atoms with Crippen molar-refractivity contribution in [3.05, 3.63) is 35.2 Å². The number of nitrogens with zero attached hydrogens (tertiary/aromatic N) is 3. The molecule has 3 rings (SSSR count). The van der Waals surface area contributed by atoms with E-state index in [0.717, 1.165) is 37.5 Å². The number of halogens is 1. The van der Waals surface area contributed by atoms with Crippen LogP contribution in [0.15, 0.2) is 33.8 Å². The van der Waals surface area contributed by atoms with Gasteiger partial charge in [0.1, 0.15) is 0 Å². The molecule has 1 unspecified atom stereocenters. The van der Waals surface area contributed by atoms with Crippen LogP contribution in [0.3, 0.4) is 0 Å². The standard InChI is InChI=1S/C20H28ClN5O3/c1-2-22-20(23-10-3-12-28-17-9-13-27-14-17)24-11-8-18-25-19(26-29-18)15-4-6-16(21)7-5-15/h4-7,17H,2-3,8-14H2,1H3,(H2,22,23,24). The first-order valence-corrected chi connectivity index (χ1v) is 10.4. The van der Waals surface area contributed by atoms with Gasteiger partial charge in [-0.2, -0.15) is 4.98 Å². The molecule has 9 heteroatoms. The first-order chi connectivity index (χ1) is 14.2. The van der Waals surface area contributed by atoms with Gasteiger partial charge in [0.2, 0.25) is 11.7 Å². The van der Waals surface area contributed by atoms with Crippen molar-refractivity contribution in [2.75, 3.05) is 39.5 Å². The summed E-state index contributed by atoms with van der Waals surface area (Å²) in [4.78, 5) is 9.00. The Bertz CT molecular complexity index is 760. The van der Waals surface area contributed by atoms with Crippen LogP contribution in [0, 0.1) is 0 Å². The second-order valence-electron chi connectivity index (χ2n) is 6.67. The van der Waals surface area contributed by atoms with Crippen LogP contribution in [-0.2, 0) is 15.9 Å². The lowest BCUT2D eigenvalue weighted by molar-refractivity contribution is 0.0424. The molecule has 29 heavy (non-hydrogen) atoms. The normalized spacial score (nSPS) is 16.9. The molecule has 1 aliphatic heterocycles. The van der Waals surface area contributed by atoms with Crippen LogP contribution in [0.5, 0.6) is 0 Å². The highest BCUT2D eigenvalue weighted by atomic mass is 35.5. The predicted molar refractivity (Wildman–Crippen MR) is 112 cm³/mol. The smallest absolute Gasteiger partial charge is 0.228 e. The molecule has 2 N–H and O–H groups in total. The minimum absolute atomic E-state index is 0.248. The maximum atomic E-state index is 5.91. The summed E-state index contributed by atoms with van der Waals surface area (Å²) >= 11 is 5.91. The zero-order valence-electron chi connectivity index (χ0n) is 16.7. The molecule has 158 valence electrons. The van der Waals surface area contributed by atoms with E-state index in [2.05, 4.69) is 25.8 Å². The molecule has 1 fully saturated rings. The Balaban J connectivity index is 1.38. The highest BCUT2D eigenvalue weighted by Gasteiger charge is 2.15. The largest absolute Gasteiger partial charge is 0.379 e. The topological polar surface area (TPSA) is 93.8 Å². The van der Waals surface area contributed by atoms with E-state index in [0.29, 0.717) is 49.5 Å². The fourth-order valence-corrected chi connectivity index (χ4v) is 2.98. The summed E-state index contributed by atoms with van der Waals surface area (Å²) in [5, 5.41) is 11.2. The molecule has 2 aromatic rings. The van der Waals surface area contributed by atoms with Crippen molar-refractivity contribution >= 4 is 17.6 Å². The van der Waals surface area contributed by atoms with Gasteiger partial charge in [0.05, 0.1) is 12.7 Å². The first kappa shape index (κ1) is 21.5. The number of aliphatic imine (C=N–C) groups is 1. The zero-order chi connectivity index (χ0) is 20.3. The number of guanidine groups is 1. The molecule has 2 heterocycles. The van der Waals surface area contributed by atoms with Crippen molar-refractivity contribution in [3.8, 4) is 11.4 Å². The first-order valence-electron chi connectivity index (χ1n) is 10.0. The van der Waals surface area contributed by atoms with E-state index in [1.165, 1.54) is 0 Å². The van der Waals surface area contributed by atoms with E-state index in [4.69, 9.17) is 25.6 Å². The Morgan fingerprint density at radius 2 is 2.17 bits per heavy atom. The molecule has 1 aliphatic rings. The highest BCUT2D eigenvalue weighted by Crippen LogP contribution is 2.18. The lowest BCUT2D eigenvalue weighted by Crippen LogP contribution is -2.38. The predicted octanol–water partition coefficient (Wildman–Crippen LogP) is 2.68. The quantitative estimate of drug-likeness (QED) is 0.346. The Kier molecular flexibility index (Phi) is 8.73. The molecule has 1 atom stereocenters. The van der Waals surface area contributed by atoms with Crippen molar-refractivity contribution in [3.63, 3.8) is 0 Å². The number of nitrogens with one attached hydrogen (secondary N) is 2. The van der Waals surface area contributed by atoms with Crippen molar-refractivity contribution in [1.82, 2.24) is 20.8 Å². The lowest BCUT2D eigenvalue weighted by Gasteiger charge is -2.11. The van der Waals surface area contributed by atoms with E-state index >= 15 is 0 Å². The van der Waals surface area contributed by atoms with Crippen molar-refractivity contribution in [1.29, 1.82) is 0 Å². The molecule has 1 aromatic heterocycles. The van der Waals surface area contributed by atoms with Crippen LogP contribution in [0.1, 0.15) is 25.7 Å². The maximum absolute atomic E-state index is 5.91. The molecular formula is C20H28ClN5O3. The molecule has 0 aliphatic carbocycles. The summed E-state index contributed by atoms with van der Waals surface area (Å²) in [7, 11) is 0. The van der Waals surface area contributed by atoms with Crippen molar-refractivity contribution < 1.29 is 14.0 Å². The number of ether oxygens (including phenoxy) is 2. The van der Waals surface area contributed by atoms with E-state index in [9.17, 15) is 0 Å². The van der Waals surface area contributed by atoms with Gasteiger partial charge in [0, 0.05) is 49.9 Å². The van der Waals surface area contributed by atoms with Crippen LogP contribution in [-0.4, -0.2) is 61.7 Å². The summed E-state index contributed by atoms with van der Waals surface area (Å²) in [5.74, 6) is 1.91. The minimum Gasteiger partial charge on any atom is -0.379 e. The third kappa shape index (κ3) is 7.30. The van der Waals surface area contributed by atoms with E-state index in [1.807, 2.05) is 19.1 Å². The van der Waals surface area contributed by atoms with Gasteiger partial charge in [-0.25, -0.2) is 0 Å². The molecular weight excluding hydrogens is 394 g/mol. The van der Waals surface area contributed by atoms with Gasteiger partial charge >= 0.3 is 0 Å². The number of rotatable bonds is 10. The fraction of sp³-hybridized carbons (Fsp3) is 0.550. The Morgan fingerprint density at radius 3 is 2.93 bits per heavy atom. The lowest BCUT2D eigenvalue weighted by atomic mass is 10.2. The summed E-state index contributed by atoms with van der Waals surface area (Å²) in [6.07, 6.45) is 2.72. The third-order valence-corrected chi connectivity index (χ3v) is 4.61. The second kappa shape index (κ2) is 11.7. The molecule has 0 bridgehead atoms. The van der Waals surface area contributed by atoms with Gasteiger partial charge in [0.15, 0.2) is 5.96 Å². The van der Waals surface area contributed by atoms with E-state index < -0.39 is 0 Å². The molecule has 0 amide bonds. The minimum atomic E-state index is 0.248. The molecule has 1 saturated heterocycles.